The maximum Gasteiger partial charge on any atom is 0.134 e. The zero-order chi connectivity index (χ0) is 17.8. The molecule has 0 saturated carbocycles. The van der Waals surface area contributed by atoms with E-state index in [1.807, 2.05) is 19.2 Å². The van der Waals surface area contributed by atoms with Crippen molar-refractivity contribution in [2.24, 2.45) is 0 Å². The van der Waals surface area contributed by atoms with Crippen molar-refractivity contribution in [1.82, 2.24) is 19.9 Å². The highest BCUT2D eigenvalue weighted by atomic mass is 15.3. The highest BCUT2D eigenvalue weighted by molar-refractivity contribution is 5.51. The first-order valence-corrected chi connectivity index (χ1v) is 9.76. The lowest BCUT2D eigenvalue weighted by Crippen LogP contribution is -2.47. The van der Waals surface area contributed by atoms with Crippen molar-refractivity contribution >= 4 is 11.6 Å². The molecule has 0 unspecified atom stereocenters. The molecular formula is C20H28N6. The van der Waals surface area contributed by atoms with Crippen molar-refractivity contribution in [1.29, 1.82) is 0 Å². The molecule has 0 atom stereocenters. The van der Waals surface area contributed by atoms with E-state index in [2.05, 4.69) is 42.9 Å². The van der Waals surface area contributed by atoms with Crippen LogP contribution in [0.2, 0.25) is 0 Å². The fourth-order valence-corrected chi connectivity index (χ4v) is 3.83. The van der Waals surface area contributed by atoms with Gasteiger partial charge in [0.2, 0.25) is 0 Å². The van der Waals surface area contributed by atoms with Crippen LogP contribution in [-0.4, -0.2) is 65.7 Å². The van der Waals surface area contributed by atoms with E-state index in [0.717, 1.165) is 69.7 Å². The summed E-state index contributed by atoms with van der Waals surface area (Å²) in [5, 5.41) is 0. The maximum atomic E-state index is 4.71. The van der Waals surface area contributed by atoms with Crippen molar-refractivity contribution < 1.29 is 0 Å². The van der Waals surface area contributed by atoms with Crippen LogP contribution in [0.3, 0.4) is 0 Å². The average Bonchev–Trinajstić information content (AvgIpc) is 3.22. The average molecular weight is 352 g/mol. The van der Waals surface area contributed by atoms with Crippen LogP contribution >= 0.6 is 0 Å². The molecule has 2 aliphatic heterocycles. The molecule has 6 heteroatoms. The molecule has 0 bridgehead atoms. The summed E-state index contributed by atoms with van der Waals surface area (Å²) in [7, 11) is 0. The standard InChI is InChI=1S/C20H28N6/c1-17-22-19(25-9-4-5-10-25)16-20(23-17)26-14-12-24(13-15-26)11-7-18-6-2-3-8-21-18/h2-3,6,8,16H,4-5,7,9-15H2,1H3. The first-order valence-electron chi connectivity index (χ1n) is 9.76. The Morgan fingerprint density at radius 3 is 2.23 bits per heavy atom. The minimum absolute atomic E-state index is 0.877. The van der Waals surface area contributed by atoms with Gasteiger partial charge in [-0.3, -0.25) is 9.88 Å². The lowest BCUT2D eigenvalue weighted by Gasteiger charge is -2.35. The van der Waals surface area contributed by atoms with Crippen molar-refractivity contribution in [3.63, 3.8) is 0 Å². The minimum Gasteiger partial charge on any atom is -0.356 e. The monoisotopic (exact) mass is 352 g/mol. The summed E-state index contributed by atoms with van der Waals surface area (Å²) < 4.78 is 0. The Balaban J connectivity index is 1.34. The van der Waals surface area contributed by atoms with E-state index in [9.17, 15) is 0 Å². The molecule has 0 radical (unpaired) electrons. The smallest absolute Gasteiger partial charge is 0.134 e. The predicted octanol–water partition coefficient (Wildman–Crippen LogP) is 2.14. The number of hydrogen-bond acceptors (Lipinski definition) is 6. The Morgan fingerprint density at radius 1 is 0.885 bits per heavy atom. The summed E-state index contributed by atoms with van der Waals surface area (Å²) in [5.41, 5.74) is 1.18. The predicted molar refractivity (Wildman–Crippen MR) is 105 cm³/mol. The second-order valence-electron chi connectivity index (χ2n) is 7.23. The topological polar surface area (TPSA) is 48.4 Å². The molecule has 6 nitrogen and oxygen atoms in total. The summed E-state index contributed by atoms with van der Waals surface area (Å²) in [4.78, 5) is 21.1. The molecule has 26 heavy (non-hydrogen) atoms. The zero-order valence-corrected chi connectivity index (χ0v) is 15.6. The third kappa shape index (κ3) is 4.12. The summed E-state index contributed by atoms with van der Waals surface area (Å²) in [5.74, 6) is 3.06. The fourth-order valence-electron chi connectivity index (χ4n) is 3.83. The molecule has 0 aromatic carbocycles. The number of hydrogen-bond donors (Lipinski definition) is 0. The SMILES string of the molecule is Cc1nc(N2CCCC2)cc(N2CCN(CCc3ccccn3)CC2)n1. The number of aromatic nitrogens is 3. The molecule has 2 aromatic heterocycles. The van der Waals surface area contributed by atoms with Crippen LogP contribution in [0.4, 0.5) is 11.6 Å². The Labute approximate surface area is 155 Å². The lowest BCUT2D eigenvalue weighted by atomic mass is 10.2. The Kier molecular flexibility index (Phi) is 5.29. The van der Waals surface area contributed by atoms with Gasteiger partial charge in [0.25, 0.3) is 0 Å². The van der Waals surface area contributed by atoms with E-state index in [0.29, 0.717) is 0 Å². The van der Waals surface area contributed by atoms with Gasteiger partial charge in [-0.05, 0) is 31.9 Å². The molecule has 2 fully saturated rings. The van der Waals surface area contributed by atoms with Gasteiger partial charge in [-0.25, -0.2) is 9.97 Å². The van der Waals surface area contributed by atoms with Crippen molar-refractivity contribution in [3.8, 4) is 0 Å². The molecule has 0 amide bonds. The highest BCUT2D eigenvalue weighted by Crippen LogP contribution is 2.23. The van der Waals surface area contributed by atoms with Crippen LogP contribution in [0.15, 0.2) is 30.5 Å². The molecule has 0 aliphatic carbocycles. The second-order valence-corrected chi connectivity index (χ2v) is 7.23. The van der Waals surface area contributed by atoms with Gasteiger partial charge in [0, 0.05) is 70.2 Å². The van der Waals surface area contributed by atoms with Gasteiger partial charge in [-0.15, -0.1) is 0 Å². The Hall–Kier alpha value is -2.21. The first kappa shape index (κ1) is 17.2. The quantitative estimate of drug-likeness (QED) is 0.822. The molecule has 0 spiro atoms. The number of aryl methyl sites for hydroxylation is 1. The van der Waals surface area contributed by atoms with E-state index in [1.165, 1.54) is 18.5 Å². The molecule has 4 rings (SSSR count). The van der Waals surface area contributed by atoms with E-state index in [4.69, 9.17) is 4.98 Å². The van der Waals surface area contributed by atoms with E-state index < -0.39 is 0 Å². The molecule has 138 valence electrons. The van der Waals surface area contributed by atoms with Crippen LogP contribution in [0.25, 0.3) is 0 Å². The number of nitrogens with zero attached hydrogens (tertiary/aromatic N) is 6. The molecule has 2 aromatic rings. The Morgan fingerprint density at radius 2 is 1.58 bits per heavy atom. The largest absolute Gasteiger partial charge is 0.356 e. The van der Waals surface area contributed by atoms with E-state index in [-0.39, 0.29) is 0 Å². The summed E-state index contributed by atoms with van der Waals surface area (Å²) in [6, 6.07) is 8.33. The summed E-state index contributed by atoms with van der Waals surface area (Å²) in [6.45, 7) is 9.54. The number of piperazine rings is 1. The highest BCUT2D eigenvalue weighted by Gasteiger charge is 2.21. The van der Waals surface area contributed by atoms with Crippen molar-refractivity contribution in [2.75, 3.05) is 55.6 Å². The van der Waals surface area contributed by atoms with Gasteiger partial charge in [-0.2, -0.15) is 0 Å². The number of rotatable bonds is 5. The van der Waals surface area contributed by atoms with Crippen LogP contribution < -0.4 is 9.80 Å². The van der Waals surface area contributed by atoms with Gasteiger partial charge in [0.1, 0.15) is 17.5 Å². The molecule has 2 saturated heterocycles. The minimum atomic E-state index is 0.877. The van der Waals surface area contributed by atoms with Gasteiger partial charge in [0.15, 0.2) is 0 Å². The third-order valence-electron chi connectivity index (χ3n) is 5.35. The lowest BCUT2D eigenvalue weighted by molar-refractivity contribution is 0.259. The molecular weight excluding hydrogens is 324 g/mol. The van der Waals surface area contributed by atoms with Crippen LogP contribution in [0, 0.1) is 6.92 Å². The first-order chi connectivity index (χ1) is 12.8. The van der Waals surface area contributed by atoms with Gasteiger partial charge in [0.05, 0.1) is 0 Å². The van der Waals surface area contributed by atoms with Crippen LogP contribution in [0.5, 0.6) is 0 Å². The van der Waals surface area contributed by atoms with Crippen LogP contribution in [-0.2, 0) is 6.42 Å². The molecule has 2 aliphatic rings. The van der Waals surface area contributed by atoms with Crippen LogP contribution in [0.1, 0.15) is 24.4 Å². The maximum absolute atomic E-state index is 4.71. The number of anilines is 2. The zero-order valence-electron chi connectivity index (χ0n) is 15.6. The normalized spacial score (nSPS) is 18.5. The van der Waals surface area contributed by atoms with Crippen molar-refractivity contribution in [3.05, 3.63) is 42.0 Å². The molecule has 0 N–H and O–H groups in total. The number of pyridine rings is 1. The van der Waals surface area contributed by atoms with E-state index >= 15 is 0 Å². The third-order valence-corrected chi connectivity index (χ3v) is 5.35. The van der Waals surface area contributed by atoms with E-state index in [1.54, 1.807) is 0 Å². The van der Waals surface area contributed by atoms with Gasteiger partial charge < -0.3 is 9.80 Å². The second kappa shape index (κ2) is 7.99. The summed E-state index contributed by atoms with van der Waals surface area (Å²) in [6.07, 6.45) is 5.44. The van der Waals surface area contributed by atoms with Gasteiger partial charge >= 0.3 is 0 Å². The molecule has 4 heterocycles. The van der Waals surface area contributed by atoms with Crippen molar-refractivity contribution in [2.45, 2.75) is 26.2 Å². The fraction of sp³-hybridized carbons (Fsp3) is 0.550. The Bertz CT molecular complexity index is 705. The summed E-state index contributed by atoms with van der Waals surface area (Å²) >= 11 is 0. The van der Waals surface area contributed by atoms with Gasteiger partial charge in [-0.1, -0.05) is 6.07 Å².